The monoisotopic (exact) mass is 309 g/mol. The Kier molecular flexibility index (Phi) is 4.05. The summed E-state index contributed by atoms with van der Waals surface area (Å²) in [5, 5.41) is 8.64. The van der Waals surface area contributed by atoms with Crippen LogP contribution in [-0.2, 0) is 10.0 Å². The largest absolute Gasteiger partial charge is 0.319 e. The van der Waals surface area contributed by atoms with Crippen LogP contribution < -0.4 is 5.32 Å². The highest BCUT2D eigenvalue weighted by molar-refractivity contribution is 7.89. The summed E-state index contributed by atoms with van der Waals surface area (Å²) in [5.41, 5.74) is 1.14. The molecule has 0 saturated heterocycles. The van der Waals surface area contributed by atoms with Crippen molar-refractivity contribution in [1.82, 2.24) is 19.5 Å². The van der Waals surface area contributed by atoms with Crippen molar-refractivity contribution in [3.05, 3.63) is 35.9 Å². The first-order valence-corrected chi connectivity index (χ1v) is 7.46. The molecule has 0 saturated carbocycles. The molecule has 21 heavy (non-hydrogen) atoms. The van der Waals surface area contributed by atoms with Crippen LogP contribution in [0.4, 0.5) is 5.69 Å². The summed E-state index contributed by atoms with van der Waals surface area (Å²) < 4.78 is 25.3. The average molecular weight is 309 g/mol. The number of H-pyrrole nitrogens is 1. The van der Waals surface area contributed by atoms with Crippen molar-refractivity contribution in [2.24, 2.45) is 0 Å². The number of benzene rings is 1. The second kappa shape index (κ2) is 5.62. The molecule has 0 unspecified atom stereocenters. The summed E-state index contributed by atoms with van der Waals surface area (Å²) in [6.45, 7) is 1.77. The first-order valence-electron chi connectivity index (χ1n) is 6.02. The van der Waals surface area contributed by atoms with Crippen LogP contribution in [0.2, 0.25) is 0 Å². The fourth-order valence-electron chi connectivity index (χ4n) is 1.60. The van der Waals surface area contributed by atoms with Gasteiger partial charge in [0.15, 0.2) is 0 Å². The maximum absolute atomic E-state index is 12.1. The van der Waals surface area contributed by atoms with Crippen LogP contribution in [-0.4, -0.2) is 47.9 Å². The quantitative estimate of drug-likeness (QED) is 0.860. The van der Waals surface area contributed by atoms with E-state index in [1.165, 1.54) is 32.6 Å². The van der Waals surface area contributed by atoms with Crippen molar-refractivity contribution < 1.29 is 13.2 Å². The van der Waals surface area contributed by atoms with E-state index < -0.39 is 15.9 Å². The Hall–Kier alpha value is -2.26. The van der Waals surface area contributed by atoms with Gasteiger partial charge in [-0.1, -0.05) is 6.07 Å². The fraction of sp³-hybridized carbons (Fsp3) is 0.250. The Bertz CT molecular complexity index is 753. The lowest BCUT2D eigenvalue weighted by Crippen LogP contribution is -2.22. The fourth-order valence-corrected chi connectivity index (χ4v) is 2.53. The predicted octanol–water partition coefficient (Wildman–Crippen LogP) is 0.616. The van der Waals surface area contributed by atoms with Crippen molar-refractivity contribution >= 4 is 21.6 Å². The lowest BCUT2D eigenvalue weighted by Gasteiger charge is -2.14. The van der Waals surface area contributed by atoms with Gasteiger partial charge in [-0.3, -0.25) is 9.89 Å². The SMILES string of the molecule is Cc1ccc(S(=O)(=O)N(C)C)cc1NC(=O)c1ncn[nH]1. The molecule has 0 spiro atoms. The molecule has 0 aliphatic carbocycles. The zero-order valence-electron chi connectivity index (χ0n) is 11.8. The standard InChI is InChI=1S/C12H15N5O3S/c1-8-4-5-9(21(19,20)17(2)3)6-10(8)15-12(18)11-13-7-14-16-11/h4-7H,1-3H3,(H,15,18)(H,13,14,16). The molecule has 2 rings (SSSR count). The summed E-state index contributed by atoms with van der Waals surface area (Å²) >= 11 is 0. The maximum Gasteiger partial charge on any atom is 0.292 e. The zero-order valence-corrected chi connectivity index (χ0v) is 12.6. The van der Waals surface area contributed by atoms with Crippen molar-refractivity contribution in [3.8, 4) is 0 Å². The molecule has 1 heterocycles. The van der Waals surface area contributed by atoms with Gasteiger partial charge >= 0.3 is 0 Å². The van der Waals surface area contributed by atoms with Gasteiger partial charge in [-0.2, -0.15) is 5.10 Å². The number of sulfonamides is 1. The predicted molar refractivity (Wildman–Crippen MR) is 76.4 cm³/mol. The van der Waals surface area contributed by atoms with Gasteiger partial charge in [-0.15, -0.1) is 0 Å². The summed E-state index contributed by atoms with van der Waals surface area (Å²) in [6.07, 6.45) is 1.22. The number of carbonyl (C=O) groups is 1. The average Bonchev–Trinajstić information content (AvgIpc) is 2.94. The minimum atomic E-state index is -3.56. The second-order valence-corrected chi connectivity index (χ2v) is 6.70. The maximum atomic E-state index is 12.1. The number of nitrogens with one attached hydrogen (secondary N) is 2. The van der Waals surface area contributed by atoms with Crippen LogP contribution in [0.25, 0.3) is 0 Å². The summed E-state index contributed by atoms with van der Waals surface area (Å²) in [7, 11) is -0.667. The molecule has 0 aliphatic rings. The molecular weight excluding hydrogens is 294 g/mol. The van der Waals surface area contributed by atoms with Crippen molar-refractivity contribution in [2.45, 2.75) is 11.8 Å². The van der Waals surface area contributed by atoms with E-state index in [1.807, 2.05) is 0 Å². The van der Waals surface area contributed by atoms with Crippen LogP contribution in [0.5, 0.6) is 0 Å². The van der Waals surface area contributed by atoms with Gasteiger partial charge in [0.1, 0.15) is 6.33 Å². The highest BCUT2D eigenvalue weighted by atomic mass is 32.2. The van der Waals surface area contributed by atoms with Gasteiger partial charge in [0, 0.05) is 19.8 Å². The number of carbonyl (C=O) groups excluding carboxylic acids is 1. The van der Waals surface area contributed by atoms with E-state index in [-0.39, 0.29) is 10.7 Å². The summed E-state index contributed by atoms with van der Waals surface area (Å²) in [5.74, 6) is -0.440. The Balaban J connectivity index is 2.35. The van der Waals surface area contributed by atoms with Crippen LogP contribution >= 0.6 is 0 Å². The number of aryl methyl sites for hydroxylation is 1. The Labute approximate surface area is 122 Å². The smallest absolute Gasteiger partial charge is 0.292 e. The van der Waals surface area contributed by atoms with Gasteiger partial charge in [0.2, 0.25) is 15.8 Å². The van der Waals surface area contributed by atoms with E-state index in [4.69, 9.17) is 0 Å². The van der Waals surface area contributed by atoms with Crippen molar-refractivity contribution in [3.63, 3.8) is 0 Å². The normalized spacial score (nSPS) is 11.6. The molecule has 2 aromatic rings. The number of rotatable bonds is 4. The minimum absolute atomic E-state index is 0.0512. The number of nitrogens with zero attached hydrogens (tertiary/aromatic N) is 3. The second-order valence-electron chi connectivity index (χ2n) is 4.55. The Morgan fingerprint density at radius 2 is 2.05 bits per heavy atom. The molecule has 2 N–H and O–H groups in total. The zero-order chi connectivity index (χ0) is 15.6. The number of aromatic amines is 1. The Morgan fingerprint density at radius 3 is 2.62 bits per heavy atom. The van der Waals surface area contributed by atoms with Crippen LogP contribution in [0.3, 0.4) is 0 Å². The van der Waals surface area contributed by atoms with Crippen molar-refractivity contribution in [1.29, 1.82) is 0 Å². The lowest BCUT2D eigenvalue weighted by atomic mass is 10.2. The summed E-state index contributed by atoms with van der Waals surface area (Å²) in [4.78, 5) is 15.8. The molecule has 112 valence electrons. The van der Waals surface area contributed by atoms with E-state index >= 15 is 0 Å². The third kappa shape index (κ3) is 3.09. The third-order valence-electron chi connectivity index (χ3n) is 2.87. The molecule has 0 aliphatic heterocycles. The van der Waals surface area contributed by atoms with E-state index in [0.29, 0.717) is 5.69 Å². The van der Waals surface area contributed by atoms with Gasteiger partial charge < -0.3 is 5.32 Å². The van der Waals surface area contributed by atoms with E-state index in [0.717, 1.165) is 9.87 Å². The highest BCUT2D eigenvalue weighted by Crippen LogP contribution is 2.22. The first-order chi connectivity index (χ1) is 9.82. The topological polar surface area (TPSA) is 108 Å². The number of amides is 1. The summed E-state index contributed by atoms with van der Waals surface area (Å²) in [6, 6.07) is 4.54. The lowest BCUT2D eigenvalue weighted by molar-refractivity contribution is 0.101. The third-order valence-corrected chi connectivity index (χ3v) is 4.68. The number of anilines is 1. The number of aromatic nitrogens is 3. The van der Waals surface area contributed by atoms with Gasteiger partial charge in [0.05, 0.1) is 4.90 Å². The van der Waals surface area contributed by atoms with E-state index in [2.05, 4.69) is 20.5 Å². The molecule has 0 fully saturated rings. The number of hydrogen-bond acceptors (Lipinski definition) is 5. The number of hydrogen-bond donors (Lipinski definition) is 2. The van der Waals surface area contributed by atoms with Gasteiger partial charge in [-0.05, 0) is 24.6 Å². The molecule has 1 amide bonds. The molecule has 8 nitrogen and oxygen atoms in total. The molecule has 9 heteroatoms. The molecule has 0 radical (unpaired) electrons. The molecule has 1 aromatic carbocycles. The molecular formula is C12H15N5O3S. The van der Waals surface area contributed by atoms with Crippen LogP contribution in [0, 0.1) is 6.92 Å². The van der Waals surface area contributed by atoms with Crippen LogP contribution in [0.15, 0.2) is 29.4 Å². The van der Waals surface area contributed by atoms with E-state index in [1.54, 1.807) is 13.0 Å². The Morgan fingerprint density at radius 1 is 1.33 bits per heavy atom. The highest BCUT2D eigenvalue weighted by Gasteiger charge is 2.19. The van der Waals surface area contributed by atoms with Gasteiger partial charge in [-0.25, -0.2) is 17.7 Å². The van der Waals surface area contributed by atoms with Crippen LogP contribution in [0.1, 0.15) is 16.2 Å². The molecule has 1 aromatic heterocycles. The van der Waals surface area contributed by atoms with Crippen molar-refractivity contribution in [2.75, 3.05) is 19.4 Å². The molecule has 0 atom stereocenters. The minimum Gasteiger partial charge on any atom is -0.319 e. The van der Waals surface area contributed by atoms with Gasteiger partial charge in [0.25, 0.3) is 5.91 Å². The first kappa shape index (κ1) is 15.1. The van der Waals surface area contributed by atoms with E-state index in [9.17, 15) is 13.2 Å². The molecule has 0 bridgehead atoms.